The van der Waals surface area contributed by atoms with E-state index in [0.717, 1.165) is 36.2 Å². The van der Waals surface area contributed by atoms with Gasteiger partial charge in [-0.15, -0.1) is 0 Å². The Morgan fingerprint density at radius 1 is 1.20 bits per heavy atom. The minimum Gasteiger partial charge on any atom is -0.454 e. The van der Waals surface area contributed by atoms with Crippen molar-refractivity contribution in [1.29, 1.82) is 0 Å². The maximum absolute atomic E-state index is 13.3. The number of carbonyl (C=O) groups excluding carboxylic acids is 1. The molecular formula is C22H20FN5O2. The molecule has 30 heavy (non-hydrogen) atoms. The van der Waals surface area contributed by atoms with Gasteiger partial charge in [-0.2, -0.15) is 10.2 Å². The van der Waals surface area contributed by atoms with Crippen molar-refractivity contribution in [2.24, 2.45) is 0 Å². The fraction of sp³-hybridized carbons (Fsp3) is 0.227. The smallest absolute Gasteiger partial charge is 0.287 e. The van der Waals surface area contributed by atoms with Gasteiger partial charge < -0.3 is 9.73 Å². The highest BCUT2D eigenvalue weighted by atomic mass is 19.1. The Bertz CT molecular complexity index is 1160. The highest BCUT2D eigenvalue weighted by molar-refractivity contribution is 5.91. The van der Waals surface area contributed by atoms with Crippen LogP contribution in [0.1, 0.15) is 46.5 Å². The molecule has 1 atom stereocenters. The van der Waals surface area contributed by atoms with Crippen molar-refractivity contribution in [1.82, 2.24) is 24.9 Å². The standard InChI is InChI=1S/C22H20FN5O2/c23-15-5-7-16(8-6-15)28-20-4-1-3-19(18(20)13-25-28)26-22(29)21-10-9-17(30-21)14-27-12-2-11-24-27/h2,5-13,19H,1,3-4,14H2,(H,26,29)/t19-/m0/s1. The summed E-state index contributed by atoms with van der Waals surface area (Å²) in [6.07, 6.45) is 7.93. The van der Waals surface area contributed by atoms with Gasteiger partial charge in [-0.05, 0) is 61.7 Å². The van der Waals surface area contributed by atoms with E-state index in [9.17, 15) is 9.18 Å². The van der Waals surface area contributed by atoms with Gasteiger partial charge in [-0.3, -0.25) is 9.48 Å². The van der Waals surface area contributed by atoms with E-state index in [1.54, 1.807) is 41.3 Å². The van der Waals surface area contributed by atoms with Crippen molar-refractivity contribution in [3.05, 3.63) is 89.7 Å². The normalized spacial score (nSPS) is 15.7. The third-order valence-electron chi connectivity index (χ3n) is 5.32. The van der Waals surface area contributed by atoms with Crippen LogP contribution in [-0.2, 0) is 13.0 Å². The van der Waals surface area contributed by atoms with E-state index in [1.165, 1.54) is 12.1 Å². The molecule has 152 valence electrons. The van der Waals surface area contributed by atoms with Crippen LogP contribution in [-0.4, -0.2) is 25.5 Å². The lowest BCUT2D eigenvalue weighted by Gasteiger charge is -2.24. The maximum Gasteiger partial charge on any atom is 0.287 e. The fourth-order valence-electron chi connectivity index (χ4n) is 3.88. The SMILES string of the molecule is O=C(N[C@H]1CCCc2c1cnn2-c1ccc(F)cc1)c1ccc(Cn2cccn2)o1. The minimum atomic E-state index is -0.282. The van der Waals surface area contributed by atoms with E-state index in [1.807, 2.05) is 16.9 Å². The molecule has 1 N–H and O–H groups in total. The lowest BCUT2D eigenvalue weighted by Crippen LogP contribution is -2.30. The lowest BCUT2D eigenvalue weighted by atomic mass is 9.92. The van der Waals surface area contributed by atoms with Crippen LogP contribution in [0.15, 0.2) is 65.5 Å². The molecule has 0 fully saturated rings. The largest absolute Gasteiger partial charge is 0.454 e. The highest BCUT2D eigenvalue weighted by Gasteiger charge is 2.27. The van der Waals surface area contributed by atoms with Crippen LogP contribution in [0.3, 0.4) is 0 Å². The summed E-state index contributed by atoms with van der Waals surface area (Å²) < 4.78 is 22.5. The molecule has 0 bridgehead atoms. The van der Waals surface area contributed by atoms with Crippen LogP contribution < -0.4 is 5.32 Å². The summed E-state index contributed by atoms with van der Waals surface area (Å²) in [5.41, 5.74) is 2.83. The number of nitrogens with zero attached hydrogens (tertiary/aromatic N) is 4. The monoisotopic (exact) mass is 405 g/mol. The average molecular weight is 405 g/mol. The van der Waals surface area contributed by atoms with Crippen molar-refractivity contribution in [2.75, 3.05) is 0 Å². The molecule has 8 heteroatoms. The molecule has 0 saturated carbocycles. The van der Waals surface area contributed by atoms with Gasteiger partial charge in [-0.25, -0.2) is 9.07 Å². The van der Waals surface area contributed by atoms with Crippen LogP contribution in [0.5, 0.6) is 0 Å². The Morgan fingerprint density at radius 3 is 2.87 bits per heavy atom. The van der Waals surface area contributed by atoms with Crippen LogP contribution in [0.4, 0.5) is 4.39 Å². The number of carbonyl (C=O) groups is 1. The highest BCUT2D eigenvalue weighted by Crippen LogP contribution is 2.31. The zero-order valence-corrected chi connectivity index (χ0v) is 16.2. The summed E-state index contributed by atoms with van der Waals surface area (Å²) >= 11 is 0. The average Bonchev–Trinajstić information content (AvgIpc) is 3.50. The van der Waals surface area contributed by atoms with E-state index < -0.39 is 0 Å². The molecule has 4 aromatic rings. The zero-order valence-electron chi connectivity index (χ0n) is 16.2. The third kappa shape index (κ3) is 3.52. The van der Waals surface area contributed by atoms with Crippen LogP contribution in [0.2, 0.25) is 0 Å². The first-order valence-corrected chi connectivity index (χ1v) is 9.87. The van der Waals surface area contributed by atoms with Gasteiger partial charge in [0.05, 0.1) is 24.5 Å². The molecule has 3 aromatic heterocycles. The van der Waals surface area contributed by atoms with Gasteiger partial charge >= 0.3 is 0 Å². The summed E-state index contributed by atoms with van der Waals surface area (Å²) in [5, 5.41) is 11.7. The maximum atomic E-state index is 13.3. The van der Waals surface area contributed by atoms with Crippen LogP contribution in [0, 0.1) is 5.82 Å². The van der Waals surface area contributed by atoms with Crippen molar-refractivity contribution < 1.29 is 13.6 Å². The number of hydrogen-bond acceptors (Lipinski definition) is 4. The first-order chi connectivity index (χ1) is 14.7. The molecule has 1 aliphatic rings. The number of furan rings is 1. The van der Waals surface area contributed by atoms with Gasteiger partial charge in [-0.1, -0.05) is 0 Å². The molecule has 3 heterocycles. The fourth-order valence-corrected chi connectivity index (χ4v) is 3.88. The second-order valence-corrected chi connectivity index (χ2v) is 7.32. The molecule has 5 rings (SSSR count). The van der Waals surface area contributed by atoms with Crippen molar-refractivity contribution in [3.63, 3.8) is 0 Å². The predicted octanol–water partition coefficient (Wildman–Crippen LogP) is 3.66. The number of amides is 1. The predicted molar refractivity (Wildman–Crippen MR) is 107 cm³/mol. The van der Waals surface area contributed by atoms with Gasteiger partial charge in [0.15, 0.2) is 5.76 Å². The second-order valence-electron chi connectivity index (χ2n) is 7.32. The van der Waals surface area contributed by atoms with Gasteiger partial charge in [0.1, 0.15) is 11.6 Å². The molecule has 1 amide bonds. The van der Waals surface area contributed by atoms with Crippen LogP contribution >= 0.6 is 0 Å². The number of hydrogen-bond donors (Lipinski definition) is 1. The first-order valence-electron chi connectivity index (χ1n) is 9.87. The molecule has 0 saturated heterocycles. The summed E-state index contributed by atoms with van der Waals surface area (Å²) in [4.78, 5) is 12.8. The zero-order chi connectivity index (χ0) is 20.5. The summed E-state index contributed by atoms with van der Waals surface area (Å²) in [6.45, 7) is 0.471. The van der Waals surface area contributed by atoms with Gasteiger partial charge in [0, 0.05) is 23.7 Å². The number of halogens is 1. The van der Waals surface area contributed by atoms with Crippen molar-refractivity contribution in [2.45, 2.75) is 31.8 Å². The number of aromatic nitrogens is 4. The molecule has 1 aromatic carbocycles. The Labute approximate surface area is 172 Å². The molecule has 0 radical (unpaired) electrons. The van der Waals surface area contributed by atoms with E-state index in [0.29, 0.717) is 12.3 Å². The topological polar surface area (TPSA) is 77.9 Å². The number of rotatable bonds is 5. The summed E-state index contributed by atoms with van der Waals surface area (Å²) in [5.74, 6) is 0.400. The quantitative estimate of drug-likeness (QED) is 0.550. The molecular weight excluding hydrogens is 385 g/mol. The Balaban J connectivity index is 1.33. The van der Waals surface area contributed by atoms with Gasteiger partial charge in [0.2, 0.25) is 0 Å². The summed E-state index contributed by atoms with van der Waals surface area (Å²) in [6, 6.07) is 11.4. The molecule has 1 aliphatic carbocycles. The molecule has 0 spiro atoms. The van der Waals surface area contributed by atoms with E-state index in [-0.39, 0.29) is 23.5 Å². The lowest BCUT2D eigenvalue weighted by molar-refractivity contribution is 0.0902. The molecule has 7 nitrogen and oxygen atoms in total. The van der Waals surface area contributed by atoms with E-state index in [2.05, 4.69) is 15.5 Å². The molecule has 0 aliphatic heterocycles. The number of nitrogens with one attached hydrogen (secondary N) is 1. The Morgan fingerprint density at radius 2 is 2.07 bits per heavy atom. The summed E-state index contributed by atoms with van der Waals surface area (Å²) in [7, 11) is 0. The van der Waals surface area contributed by atoms with E-state index in [4.69, 9.17) is 4.42 Å². The van der Waals surface area contributed by atoms with Crippen molar-refractivity contribution in [3.8, 4) is 5.69 Å². The number of fused-ring (bicyclic) bond motifs is 1. The van der Waals surface area contributed by atoms with Crippen molar-refractivity contribution >= 4 is 5.91 Å². The second kappa shape index (κ2) is 7.62. The third-order valence-corrected chi connectivity index (χ3v) is 5.32. The number of benzene rings is 1. The molecule has 0 unspecified atom stereocenters. The minimum absolute atomic E-state index is 0.143. The Kier molecular flexibility index (Phi) is 4.66. The first kappa shape index (κ1) is 18.4. The Hall–Kier alpha value is -3.68. The van der Waals surface area contributed by atoms with Gasteiger partial charge in [0.25, 0.3) is 5.91 Å². The van der Waals surface area contributed by atoms with Crippen LogP contribution in [0.25, 0.3) is 5.69 Å². The van der Waals surface area contributed by atoms with E-state index >= 15 is 0 Å².